The smallest absolute Gasteiger partial charge is 0.254 e. The van der Waals surface area contributed by atoms with Crippen LogP contribution in [-0.4, -0.2) is 54.1 Å². The molecule has 0 spiro atoms. The molecule has 0 aliphatic heterocycles. The third kappa shape index (κ3) is 6.04. The summed E-state index contributed by atoms with van der Waals surface area (Å²) in [6, 6.07) is 7.59. The molecule has 2 aromatic rings. The number of carbonyl (C=O) groups is 1. The fourth-order valence-electron chi connectivity index (χ4n) is 2.05. The van der Waals surface area contributed by atoms with Crippen LogP contribution in [0.1, 0.15) is 24.2 Å². The Bertz CT molecular complexity index is 686. The Labute approximate surface area is 148 Å². The summed E-state index contributed by atoms with van der Waals surface area (Å²) in [5.74, 6) is 0.952. The summed E-state index contributed by atoms with van der Waals surface area (Å²) in [5.41, 5.74) is 1.20. The molecule has 0 aliphatic rings. The summed E-state index contributed by atoms with van der Waals surface area (Å²) >= 11 is 0. The number of anilines is 2. The van der Waals surface area contributed by atoms with E-state index in [0.29, 0.717) is 18.1 Å². The lowest BCUT2D eigenvalue weighted by Gasteiger charge is -2.14. The summed E-state index contributed by atoms with van der Waals surface area (Å²) in [6.45, 7) is 5.29. The standard InChI is InChI=1S/C18H25N5O2/c1-13(2)25-16-8-6-5-7-15(16)22-18-20-11-14(12-21-18)17(24)19-9-10-23(3)4/h5-8,11-13H,9-10H2,1-4H3,(H,19,24)(H,20,21,22). The highest BCUT2D eigenvalue weighted by atomic mass is 16.5. The van der Waals surface area contributed by atoms with Gasteiger partial charge in [-0.2, -0.15) is 0 Å². The number of nitrogens with zero attached hydrogens (tertiary/aromatic N) is 3. The van der Waals surface area contributed by atoms with Crippen molar-refractivity contribution in [3.63, 3.8) is 0 Å². The zero-order chi connectivity index (χ0) is 18.2. The molecule has 0 saturated carbocycles. The van der Waals surface area contributed by atoms with Crippen LogP contribution in [0.4, 0.5) is 11.6 Å². The molecular formula is C18H25N5O2. The van der Waals surface area contributed by atoms with Crippen LogP contribution >= 0.6 is 0 Å². The van der Waals surface area contributed by atoms with E-state index in [4.69, 9.17) is 4.74 Å². The van der Waals surface area contributed by atoms with Gasteiger partial charge in [-0.25, -0.2) is 9.97 Å². The molecule has 0 atom stereocenters. The number of para-hydroxylation sites is 2. The molecule has 0 aliphatic carbocycles. The highest BCUT2D eigenvalue weighted by Gasteiger charge is 2.09. The molecule has 1 heterocycles. The zero-order valence-corrected chi connectivity index (χ0v) is 15.1. The number of benzene rings is 1. The van der Waals surface area contributed by atoms with E-state index in [0.717, 1.165) is 18.0 Å². The summed E-state index contributed by atoms with van der Waals surface area (Å²) in [6.07, 6.45) is 3.08. The van der Waals surface area contributed by atoms with Gasteiger partial charge in [0.1, 0.15) is 5.75 Å². The number of carbonyl (C=O) groups excluding carboxylic acids is 1. The summed E-state index contributed by atoms with van der Waals surface area (Å²) < 4.78 is 5.76. The Morgan fingerprint density at radius 1 is 1.20 bits per heavy atom. The highest BCUT2D eigenvalue weighted by Crippen LogP contribution is 2.26. The summed E-state index contributed by atoms with van der Waals surface area (Å²) in [7, 11) is 3.91. The molecule has 7 nitrogen and oxygen atoms in total. The first-order valence-electron chi connectivity index (χ1n) is 8.23. The first-order chi connectivity index (χ1) is 12.0. The lowest BCUT2D eigenvalue weighted by Crippen LogP contribution is -2.31. The van der Waals surface area contributed by atoms with Crippen LogP contribution in [-0.2, 0) is 0 Å². The summed E-state index contributed by atoms with van der Waals surface area (Å²) in [5, 5.41) is 5.95. The molecule has 0 saturated heterocycles. The molecule has 2 N–H and O–H groups in total. The van der Waals surface area contributed by atoms with E-state index >= 15 is 0 Å². The highest BCUT2D eigenvalue weighted by molar-refractivity contribution is 5.93. The van der Waals surface area contributed by atoms with Crippen LogP contribution < -0.4 is 15.4 Å². The Hall–Kier alpha value is -2.67. The van der Waals surface area contributed by atoms with Crippen molar-refractivity contribution in [3.8, 4) is 5.75 Å². The van der Waals surface area contributed by atoms with Gasteiger partial charge in [0.05, 0.1) is 17.4 Å². The van der Waals surface area contributed by atoms with Crippen molar-refractivity contribution < 1.29 is 9.53 Å². The first kappa shape index (κ1) is 18.7. The number of hydrogen-bond donors (Lipinski definition) is 2. The number of likely N-dealkylation sites (N-methyl/N-ethyl adjacent to an activating group) is 1. The van der Waals surface area contributed by atoms with Gasteiger partial charge in [-0.05, 0) is 40.1 Å². The van der Waals surface area contributed by atoms with Gasteiger partial charge >= 0.3 is 0 Å². The molecule has 1 aromatic carbocycles. The lowest BCUT2D eigenvalue weighted by atomic mass is 10.3. The van der Waals surface area contributed by atoms with E-state index in [1.54, 1.807) is 0 Å². The van der Waals surface area contributed by atoms with E-state index in [9.17, 15) is 4.79 Å². The number of rotatable bonds is 8. The van der Waals surface area contributed by atoms with Gasteiger partial charge in [0, 0.05) is 25.5 Å². The first-order valence-corrected chi connectivity index (χ1v) is 8.23. The topological polar surface area (TPSA) is 79.4 Å². The van der Waals surface area contributed by atoms with Crippen LogP contribution in [0.5, 0.6) is 5.75 Å². The van der Waals surface area contributed by atoms with Crippen molar-refractivity contribution in [2.75, 3.05) is 32.5 Å². The van der Waals surface area contributed by atoms with Gasteiger partial charge < -0.3 is 20.3 Å². The molecule has 0 radical (unpaired) electrons. The van der Waals surface area contributed by atoms with Crippen LogP contribution in [0.2, 0.25) is 0 Å². The molecule has 0 bridgehead atoms. The second kappa shape index (κ2) is 8.98. The number of aromatic nitrogens is 2. The van der Waals surface area contributed by atoms with Gasteiger partial charge in [-0.15, -0.1) is 0 Å². The van der Waals surface area contributed by atoms with Crippen molar-refractivity contribution in [1.29, 1.82) is 0 Å². The van der Waals surface area contributed by atoms with Crippen LogP contribution in [0.3, 0.4) is 0 Å². The van der Waals surface area contributed by atoms with E-state index in [1.165, 1.54) is 12.4 Å². The van der Waals surface area contributed by atoms with Crippen molar-refractivity contribution >= 4 is 17.5 Å². The van der Waals surface area contributed by atoms with Gasteiger partial charge in [-0.3, -0.25) is 4.79 Å². The molecule has 7 heteroatoms. The van der Waals surface area contributed by atoms with Gasteiger partial charge in [0.2, 0.25) is 5.95 Å². The maximum atomic E-state index is 12.0. The third-order valence-electron chi connectivity index (χ3n) is 3.25. The molecule has 0 unspecified atom stereocenters. The van der Waals surface area contributed by atoms with Crippen molar-refractivity contribution in [1.82, 2.24) is 20.2 Å². The molecule has 0 fully saturated rings. The van der Waals surface area contributed by atoms with Gasteiger partial charge in [0.25, 0.3) is 5.91 Å². The second-order valence-corrected chi connectivity index (χ2v) is 6.14. The quantitative estimate of drug-likeness (QED) is 0.766. The summed E-state index contributed by atoms with van der Waals surface area (Å²) in [4.78, 5) is 22.4. The van der Waals surface area contributed by atoms with E-state index in [-0.39, 0.29) is 12.0 Å². The van der Waals surface area contributed by atoms with Crippen molar-refractivity contribution in [2.45, 2.75) is 20.0 Å². The largest absolute Gasteiger partial charge is 0.489 e. The Morgan fingerprint density at radius 3 is 2.52 bits per heavy atom. The maximum absolute atomic E-state index is 12.0. The minimum atomic E-state index is -0.183. The minimum Gasteiger partial charge on any atom is -0.489 e. The van der Waals surface area contributed by atoms with Crippen molar-refractivity contribution in [3.05, 3.63) is 42.2 Å². The average molecular weight is 343 g/mol. The van der Waals surface area contributed by atoms with Crippen molar-refractivity contribution in [2.24, 2.45) is 0 Å². The predicted molar refractivity (Wildman–Crippen MR) is 98.4 cm³/mol. The van der Waals surface area contributed by atoms with Gasteiger partial charge in [-0.1, -0.05) is 12.1 Å². The van der Waals surface area contributed by atoms with Crippen LogP contribution in [0, 0.1) is 0 Å². The Morgan fingerprint density at radius 2 is 1.88 bits per heavy atom. The predicted octanol–water partition coefficient (Wildman–Crippen LogP) is 2.30. The second-order valence-electron chi connectivity index (χ2n) is 6.14. The molecule has 2 rings (SSSR count). The average Bonchev–Trinajstić information content (AvgIpc) is 2.56. The molecule has 1 amide bonds. The Kier molecular flexibility index (Phi) is 6.71. The fraction of sp³-hybridized carbons (Fsp3) is 0.389. The monoisotopic (exact) mass is 343 g/mol. The van der Waals surface area contributed by atoms with E-state index < -0.39 is 0 Å². The number of amides is 1. The maximum Gasteiger partial charge on any atom is 0.254 e. The molecular weight excluding hydrogens is 318 g/mol. The van der Waals surface area contributed by atoms with Gasteiger partial charge in [0.15, 0.2) is 0 Å². The van der Waals surface area contributed by atoms with E-state index in [1.807, 2.05) is 57.1 Å². The third-order valence-corrected chi connectivity index (χ3v) is 3.25. The fourth-order valence-corrected chi connectivity index (χ4v) is 2.05. The van der Waals surface area contributed by atoms with Crippen LogP contribution in [0.25, 0.3) is 0 Å². The zero-order valence-electron chi connectivity index (χ0n) is 15.1. The number of nitrogens with one attached hydrogen (secondary N) is 2. The molecule has 1 aromatic heterocycles. The normalized spacial score (nSPS) is 10.8. The molecule has 134 valence electrons. The molecule has 25 heavy (non-hydrogen) atoms. The van der Waals surface area contributed by atoms with Crippen LogP contribution in [0.15, 0.2) is 36.7 Å². The minimum absolute atomic E-state index is 0.0668. The SMILES string of the molecule is CC(C)Oc1ccccc1Nc1ncc(C(=O)NCCN(C)C)cn1. The number of hydrogen-bond acceptors (Lipinski definition) is 6. The number of ether oxygens (including phenoxy) is 1. The Balaban J connectivity index is 2.00. The lowest BCUT2D eigenvalue weighted by molar-refractivity contribution is 0.0950. The van der Waals surface area contributed by atoms with E-state index in [2.05, 4.69) is 20.6 Å².